The van der Waals surface area contributed by atoms with Crippen LogP contribution < -0.4 is 5.73 Å². The van der Waals surface area contributed by atoms with E-state index in [1.54, 1.807) is 0 Å². The predicted octanol–water partition coefficient (Wildman–Crippen LogP) is 2.87. The fourth-order valence-corrected chi connectivity index (χ4v) is 6.81. The Balaban J connectivity index is 2.90. The zero-order valence-electron chi connectivity index (χ0n) is 9.58. The summed E-state index contributed by atoms with van der Waals surface area (Å²) in [4.78, 5) is 22.4. The molecule has 0 aromatic rings. The quantitative estimate of drug-likeness (QED) is 0.313. The van der Waals surface area contributed by atoms with E-state index >= 15 is 0 Å². The lowest BCUT2D eigenvalue weighted by molar-refractivity contribution is -0.141. The Bertz CT molecular complexity index is 433. The van der Waals surface area contributed by atoms with E-state index in [0.717, 1.165) is 7.16 Å². The Morgan fingerprint density at radius 2 is 2.11 bits per heavy atom. The van der Waals surface area contributed by atoms with Crippen molar-refractivity contribution >= 4 is 79.6 Å². The van der Waals surface area contributed by atoms with Crippen molar-refractivity contribution in [3.8, 4) is 0 Å². The number of esters is 1. The number of hydrogen-bond donors (Lipinski definition) is 1. The molecule has 0 aromatic heterocycles. The molecule has 2 N–H and O–H groups in total. The van der Waals surface area contributed by atoms with Gasteiger partial charge in [0.2, 0.25) is 5.91 Å². The second-order valence-corrected chi connectivity index (χ2v) is 8.41. The normalized spacial score (nSPS) is 27.2. The van der Waals surface area contributed by atoms with Crippen LogP contribution in [0.3, 0.4) is 0 Å². The van der Waals surface area contributed by atoms with E-state index in [9.17, 15) is 9.59 Å². The lowest BCUT2D eigenvalue weighted by atomic mass is 9.85. The van der Waals surface area contributed by atoms with Crippen LogP contribution in [0.2, 0.25) is 0 Å². The number of carbonyl (C=O) groups excluding carboxylic acids is 2. The fourth-order valence-electron chi connectivity index (χ4n) is 1.74. The molecule has 0 saturated heterocycles. The van der Waals surface area contributed by atoms with E-state index in [1.165, 1.54) is 6.92 Å². The molecule has 0 radical (unpaired) electrons. The average molecular weight is 587 g/mol. The lowest BCUT2D eigenvalue weighted by Crippen LogP contribution is -2.41. The molecular formula is C11H12I3NO3. The maximum atomic E-state index is 11.6. The van der Waals surface area contributed by atoms with Gasteiger partial charge in [0.05, 0.1) is 15.9 Å². The third-order valence-corrected chi connectivity index (χ3v) is 5.51. The molecule has 100 valence electrons. The Morgan fingerprint density at radius 1 is 1.50 bits per heavy atom. The summed E-state index contributed by atoms with van der Waals surface area (Å²) in [5.41, 5.74) is 5.48. The van der Waals surface area contributed by atoms with Gasteiger partial charge in [0.1, 0.15) is 0 Å². The number of rotatable bonds is 4. The number of halogens is 3. The van der Waals surface area contributed by atoms with Crippen molar-refractivity contribution in [1.29, 1.82) is 0 Å². The number of carbonyl (C=O) groups is 2. The molecule has 1 amide bonds. The van der Waals surface area contributed by atoms with Crippen LogP contribution in [0.5, 0.6) is 0 Å². The summed E-state index contributed by atoms with van der Waals surface area (Å²) in [5.74, 6) is -1.04. The van der Waals surface area contributed by atoms with Crippen LogP contribution in [-0.4, -0.2) is 21.9 Å². The first-order valence-corrected chi connectivity index (χ1v) is 8.37. The van der Waals surface area contributed by atoms with Crippen molar-refractivity contribution in [2.45, 2.75) is 16.8 Å². The zero-order chi connectivity index (χ0) is 13.9. The minimum Gasteiger partial charge on any atom is -0.466 e. The Morgan fingerprint density at radius 3 is 2.61 bits per heavy atom. The summed E-state index contributed by atoms with van der Waals surface area (Å²) < 4.78 is 6.51. The summed E-state index contributed by atoms with van der Waals surface area (Å²) in [6.45, 7) is 1.65. The predicted molar refractivity (Wildman–Crippen MR) is 94.9 cm³/mol. The molecule has 4 nitrogen and oxygen atoms in total. The number of allylic oxidation sites excluding steroid dienone is 3. The van der Waals surface area contributed by atoms with E-state index in [2.05, 4.69) is 67.8 Å². The van der Waals surface area contributed by atoms with Crippen molar-refractivity contribution in [1.82, 2.24) is 0 Å². The molecule has 18 heavy (non-hydrogen) atoms. The third kappa shape index (κ3) is 4.32. The summed E-state index contributed by atoms with van der Waals surface area (Å²) in [7, 11) is 0. The highest BCUT2D eigenvalue weighted by Gasteiger charge is 2.42. The van der Waals surface area contributed by atoms with Crippen LogP contribution in [0.4, 0.5) is 0 Å². The largest absolute Gasteiger partial charge is 0.466 e. The first kappa shape index (κ1) is 16.7. The molecule has 0 bridgehead atoms. The van der Waals surface area contributed by atoms with E-state index in [-0.39, 0.29) is 24.4 Å². The monoisotopic (exact) mass is 587 g/mol. The maximum absolute atomic E-state index is 11.6. The summed E-state index contributed by atoms with van der Waals surface area (Å²) in [6, 6.07) is 0. The first-order chi connectivity index (χ1) is 8.26. The lowest BCUT2D eigenvalue weighted by Gasteiger charge is -2.34. The van der Waals surface area contributed by atoms with Crippen molar-refractivity contribution in [2.24, 2.45) is 11.7 Å². The van der Waals surface area contributed by atoms with Gasteiger partial charge in [-0.05, 0) is 51.3 Å². The molecule has 1 rings (SSSR count). The van der Waals surface area contributed by atoms with Gasteiger partial charge in [-0.2, -0.15) is 0 Å². The second-order valence-electron chi connectivity index (χ2n) is 3.91. The van der Waals surface area contributed by atoms with E-state index in [4.69, 9.17) is 10.5 Å². The van der Waals surface area contributed by atoms with Gasteiger partial charge in [-0.3, -0.25) is 9.59 Å². The van der Waals surface area contributed by atoms with Gasteiger partial charge in [-0.1, -0.05) is 28.7 Å². The number of alkyl halides is 1. The highest BCUT2D eigenvalue weighted by atomic mass is 127. The summed E-state index contributed by atoms with van der Waals surface area (Å²) in [5, 5.41) is 0. The number of hydrogen-bond acceptors (Lipinski definition) is 3. The SMILES string of the molecule is CC(=O)OCCC1(I)C=C(I)C=C(I)C1C(N)=O. The van der Waals surface area contributed by atoms with Crippen molar-refractivity contribution in [2.75, 3.05) is 6.61 Å². The molecular weight excluding hydrogens is 575 g/mol. The van der Waals surface area contributed by atoms with Gasteiger partial charge in [0.15, 0.2) is 0 Å². The smallest absolute Gasteiger partial charge is 0.302 e. The molecule has 7 heteroatoms. The van der Waals surface area contributed by atoms with Crippen LogP contribution in [0.15, 0.2) is 19.3 Å². The van der Waals surface area contributed by atoms with E-state index in [1.807, 2.05) is 12.2 Å². The average Bonchev–Trinajstić information content (AvgIpc) is 2.13. The number of amides is 1. The highest BCUT2D eigenvalue weighted by Crippen LogP contribution is 2.45. The molecule has 0 heterocycles. The molecule has 0 spiro atoms. The van der Waals surface area contributed by atoms with Gasteiger partial charge < -0.3 is 10.5 Å². The topological polar surface area (TPSA) is 69.4 Å². The van der Waals surface area contributed by atoms with Crippen molar-refractivity contribution in [3.63, 3.8) is 0 Å². The molecule has 0 saturated carbocycles. The molecule has 2 unspecified atom stereocenters. The second kappa shape index (κ2) is 6.86. The number of primary amides is 1. The van der Waals surface area contributed by atoms with Gasteiger partial charge in [0.25, 0.3) is 0 Å². The van der Waals surface area contributed by atoms with Crippen LogP contribution >= 0.6 is 67.8 Å². The highest BCUT2D eigenvalue weighted by molar-refractivity contribution is 14.1. The van der Waals surface area contributed by atoms with Crippen molar-refractivity contribution in [3.05, 3.63) is 19.3 Å². The summed E-state index contributed by atoms with van der Waals surface area (Å²) in [6.07, 6.45) is 4.52. The van der Waals surface area contributed by atoms with Crippen LogP contribution in [0.25, 0.3) is 0 Å². The fraction of sp³-hybridized carbons (Fsp3) is 0.455. The van der Waals surface area contributed by atoms with Crippen LogP contribution in [0.1, 0.15) is 13.3 Å². The van der Waals surface area contributed by atoms with Gasteiger partial charge in [-0.15, -0.1) is 0 Å². The maximum Gasteiger partial charge on any atom is 0.302 e. The molecule has 0 fully saturated rings. The molecule has 2 atom stereocenters. The first-order valence-electron chi connectivity index (χ1n) is 5.13. The minimum atomic E-state index is -0.430. The van der Waals surface area contributed by atoms with Gasteiger partial charge >= 0.3 is 5.97 Å². The molecule has 0 aromatic carbocycles. The number of nitrogens with two attached hydrogens (primary N) is 1. The third-order valence-electron chi connectivity index (χ3n) is 2.48. The standard InChI is InChI=1S/C11H12I3NO3/c1-6(16)18-3-2-11(14)5-7(12)4-8(13)9(11)10(15)17/h4-5,9H,2-3H2,1H3,(H2,15,17). The Hall–Kier alpha value is 0.610. The molecule has 1 aliphatic rings. The van der Waals surface area contributed by atoms with Gasteiger partial charge in [-0.25, -0.2) is 0 Å². The minimum absolute atomic E-state index is 0.284. The Kier molecular flexibility index (Phi) is 6.35. The Labute approximate surface area is 147 Å². The zero-order valence-corrected chi connectivity index (χ0v) is 16.1. The van der Waals surface area contributed by atoms with E-state index in [0.29, 0.717) is 6.42 Å². The number of ether oxygens (including phenoxy) is 1. The molecule has 0 aliphatic heterocycles. The van der Waals surface area contributed by atoms with Gasteiger partial charge in [0, 0.05) is 20.5 Å². The van der Waals surface area contributed by atoms with Crippen LogP contribution in [0, 0.1) is 5.92 Å². The summed E-state index contributed by atoms with van der Waals surface area (Å²) >= 11 is 6.58. The van der Waals surface area contributed by atoms with E-state index < -0.39 is 3.42 Å². The van der Waals surface area contributed by atoms with Crippen LogP contribution in [-0.2, 0) is 14.3 Å². The molecule has 1 aliphatic carbocycles. The van der Waals surface area contributed by atoms with Crippen molar-refractivity contribution < 1.29 is 14.3 Å².